The molecule has 0 saturated carbocycles. The minimum absolute atomic E-state index is 0. The predicted octanol–water partition coefficient (Wildman–Crippen LogP) is 9.64. The Labute approximate surface area is 275 Å². The van der Waals surface area contributed by atoms with E-state index in [0.29, 0.717) is 0 Å². The Kier molecular flexibility index (Phi) is 7.53. The molecular formula is C40H29IrN3O-2. The molecule has 1 atom stereocenters. The van der Waals surface area contributed by atoms with Crippen molar-refractivity contribution < 1.29 is 24.5 Å². The van der Waals surface area contributed by atoms with Gasteiger partial charge in [-0.1, -0.05) is 79.9 Å². The van der Waals surface area contributed by atoms with Gasteiger partial charge in [-0.3, -0.25) is 9.98 Å². The molecule has 0 spiro atoms. The van der Waals surface area contributed by atoms with E-state index in [9.17, 15) is 0 Å². The third-order valence-electron chi connectivity index (χ3n) is 8.50. The van der Waals surface area contributed by atoms with Crippen molar-refractivity contribution >= 4 is 61.6 Å². The first-order chi connectivity index (χ1) is 21.5. The molecule has 7 aromatic rings. The van der Waals surface area contributed by atoms with E-state index < -0.39 is 0 Å². The van der Waals surface area contributed by atoms with Gasteiger partial charge in [0, 0.05) is 26.3 Å². The molecule has 45 heavy (non-hydrogen) atoms. The molecule has 0 bridgehead atoms. The van der Waals surface area contributed by atoms with Crippen LogP contribution in [0.1, 0.15) is 34.7 Å². The van der Waals surface area contributed by atoms with Crippen LogP contribution in [0.2, 0.25) is 0 Å². The summed E-state index contributed by atoms with van der Waals surface area (Å²) < 4.78 is 6.22. The van der Waals surface area contributed by atoms with Crippen molar-refractivity contribution in [1.29, 1.82) is 0 Å². The first-order valence-electron chi connectivity index (χ1n) is 15.0. The summed E-state index contributed by atoms with van der Waals surface area (Å²) in [5.41, 5.74) is 10.7. The Morgan fingerprint density at radius 1 is 0.822 bits per heavy atom. The molecule has 1 aliphatic heterocycles. The topological polar surface area (TPSA) is 50.8 Å². The van der Waals surface area contributed by atoms with Gasteiger partial charge in [-0.15, -0.1) is 52.6 Å². The molecule has 0 fully saturated rings. The standard InChI is InChI=1S/C23H15N2O.C17H14N.Ir/c1-13-23(25-12-24-13)16-8-9-17-19(11-16)26-20-10-15-6-2-4-14-5-3-7-18(21(14)15)22(17)20;1-12-9-13(2)11-15(10-12)17-16-6-4-3-5-14(16)7-8-18-17;/h2-4,6-10,12-13H,5H2,1H3;3-10H,1-2H3;/q2*-1;. The monoisotopic (exact) mass is 760 g/mol. The van der Waals surface area contributed by atoms with Gasteiger partial charge in [0.25, 0.3) is 0 Å². The van der Waals surface area contributed by atoms with E-state index in [0.717, 1.165) is 51.1 Å². The zero-order chi connectivity index (χ0) is 29.8. The predicted molar refractivity (Wildman–Crippen MR) is 183 cm³/mol. The fourth-order valence-electron chi connectivity index (χ4n) is 6.57. The number of allylic oxidation sites excluding steroid dienone is 1. The number of fused-ring (bicyclic) bond motifs is 5. The van der Waals surface area contributed by atoms with E-state index in [-0.39, 0.29) is 26.1 Å². The van der Waals surface area contributed by atoms with Crippen LogP contribution in [0.15, 0.2) is 106 Å². The molecule has 0 N–H and O–H groups in total. The van der Waals surface area contributed by atoms with Crippen LogP contribution in [0.25, 0.3) is 60.8 Å². The number of nitrogens with zero attached hydrogens (tertiary/aromatic N) is 3. The van der Waals surface area contributed by atoms with Gasteiger partial charge >= 0.3 is 0 Å². The van der Waals surface area contributed by atoms with Crippen LogP contribution < -0.4 is 0 Å². The molecule has 3 heterocycles. The Balaban J connectivity index is 0.000000151. The van der Waals surface area contributed by atoms with Crippen molar-refractivity contribution in [3.8, 4) is 11.3 Å². The van der Waals surface area contributed by atoms with Crippen molar-refractivity contribution in [2.45, 2.75) is 33.2 Å². The van der Waals surface area contributed by atoms with Gasteiger partial charge in [0.05, 0.1) is 18.0 Å². The Morgan fingerprint density at radius 3 is 2.53 bits per heavy atom. The van der Waals surface area contributed by atoms with E-state index >= 15 is 0 Å². The Morgan fingerprint density at radius 2 is 1.69 bits per heavy atom. The van der Waals surface area contributed by atoms with Gasteiger partial charge in [-0.05, 0) is 74.9 Å². The maximum absolute atomic E-state index is 6.22. The summed E-state index contributed by atoms with van der Waals surface area (Å²) in [5.74, 6) is 0. The number of aliphatic imine (C=N–C) groups is 2. The molecule has 9 rings (SSSR count). The average Bonchev–Trinajstić information content (AvgIpc) is 3.63. The van der Waals surface area contributed by atoms with E-state index in [1.54, 1.807) is 6.34 Å². The normalized spacial score (nSPS) is 14.9. The van der Waals surface area contributed by atoms with Crippen LogP contribution in [0, 0.1) is 26.0 Å². The molecule has 221 valence electrons. The quantitative estimate of drug-likeness (QED) is 0.165. The second-order valence-corrected chi connectivity index (χ2v) is 11.6. The number of rotatable bonds is 2. The summed E-state index contributed by atoms with van der Waals surface area (Å²) in [6.45, 7) is 6.22. The smallest absolute Gasteiger partial charge is 0.124 e. The van der Waals surface area contributed by atoms with E-state index in [2.05, 4.69) is 126 Å². The number of hydrogen-bond acceptors (Lipinski definition) is 4. The maximum atomic E-state index is 6.22. The van der Waals surface area contributed by atoms with Crippen molar-refractivity contribution in [3.05, 3.63) is 131 Å². The van der Waals surface area contributed by atoms with Crippen molar-refractivity contribution in [2.75, 3.05) is 0 Å². The Hall–Kier alpha value is -4.70. The molecule has 4 nitrogen and oxygen atoms in total. The third-order valence-corrected chi connectivity index (χ3v) is 8.50. The van der Waals surface area contributed by atoms with E-state index in [1.807, 2.05) is 19.2 Å². The number of furan rings is 1. The van der Waals surface area contributed by atoms with Crippen molar-refractivity contribution in [1.82, 2.24) is 4.98 Å². The van der Waals surface area contributed by atoms with Crippen LogP contribution in [-0.4, -0.2) is 23.1 Å². The first-order valence-corrected chi connectivity index (χ1v) is 15.0. The van der Waals surface area contributed by atoms with Crippen molar-refractivity contribution in [2.24, 2.45) is 9.98 Å². The molecule has 1 unspecified atom stereocenters. The van der Waals surface area contributed by atoms with Crippen LogP contribution in [-0.2, 0) is 26.5 Å². The number of pyridine rings is 1. The molecule has 5 heteroatoms. The van der Waals surface area contributed by atoms with Gasteiger partial charge in [0.15, 0.2) is 0 Å². The minimum Gasteiger partial charge on any atom is -0.476 e. The molecule has 0 amide bonds. The average molecular weight is 760 g/mol. The zero-order valence-electron chi connectivity index (χ0n) is 25.2. The van der Waals surface area contributed by atoms with E-state index in [4.69, 9.17) is 4.42 Å². The molecule has 2 aromatic heterocycles. The van der Waals surface area contributed by atoms with Gasteiger partial charge < -0.3 is 9.40 Å². The van der Waals surface area contributed by atoms with Gasteiger partial charge in [-0.25, -0.2) is 0 Å². The van der Waals surface area contributed by atoms with Gasteiger partial charge in [0.2, 0.25) is 0 Å². The summed E-state index contributed by atoms with van der Waals surface area (Å²) in [5, 5.41) is 7.26. The fraction of sp³-hybridized carbons (Fsp3) is 0.125. The zero-order valence-corrected chi connectivity index (χ0v) is 27.6. The first kappa shape index (κ1) is 29.0. The minimum atomic E-state index is 0. The summed E-state index contributed by atoms with van der Waals surface area (Å²) in [7, 11) is 0. The van der Waals surface area contributed by atoms with Gasteiger partial charge in [-0.2, -0.15) is 0 Å². The maximum Gasteiger partial charge on any atom is 0.124 e. The van der Waals surface area contributed by atoms with Crippen LogP contribution in [0.3, 0.4) is 0 Å². The van der Waals surface area contributed by atoms with E-state index in [1.165, 1.54) is 43.6 Å². The van der Waals surface area contributed by atoms with Crippen molar-refractivity contribution in [3.63, 3.8) is 0 Å². The van der Waals surface area contributed by atoms with Gasteiger partial charge in [0.1, 0.15) is 5.58 Å². The van der Waals surface area contributed by atoms with Crippen LogP contribution >= 0.6 is 0 Å². The molecule has 2 aliphatic rings. The fourth-order valence-corrected chi connectivity index (χ4v) is 6.57. The molecule has 1 radical (unpaired) electrons. The van der Waals surface area contributed by atoms with Crippen LogP contribution in [0.4, 0.5) is 0 Å². The summed E-state index contributed by atoms with van der Waals surface area (Å²) in [4.78, 5) is 13.2. The number of hydrogen-bond donors (Lipinski definition) is 0. The SMILES string of the molecule is CC1N=CN=C1c1[c-]c2oc3cc4cccc5c4c(c3c2cc1)C=CC5.Cc1[c-]c(-c2nccc3ccccc23)cc(C)c1.[Ir]. The summed E-state index contributed by atoms with van der Waals surface area (Å²) >= 11 is 0. The Bertz CT molecular complexity index is 2340. The number of benzene rings is 5. The third kappa shape index (κ3) is 5.12. The number of aromatic nitrogens is 1. The number of aryl methyl sites for hydroxylation is 2. The second-order valence-electron chi connectivity index (χ2n) is 11.6. The molecular weight excluding hydrogens is 731 g/mol. The largest absolute Gasteiger partial charge is 0.476 e. The molecule has 5 aromatic carbocycles. The summed E-state index contributed by atoms with van der Waals surface area (Å²) in [6.07, 6.45) is 8.94. The van der Waals surface area contributed by atoms with Crippen LogP contribution in [0.5, 0.6) is 0 Å². The second kappa shape index (κ2) is 11.7. The molecule has 0 saturated heterocycles. The molecule has 1 aliphatic carbocycles. The summed E-state index contributed by atoms with van der Waals surface area (Å²) in [6, 6.07) is 34.4.